The number of amides is 1. The lowest BCUT2D eigenvalue weighted by Gasteiger charge is -2.44. The Morgan fingerprint density at radius 3 is 1.96 bits per heavy atom. The first kappa shape index (κ1) is 20.5. The summed E-state index contributed by atoms with van der Waals surface area (Å²) in [5.41, 5.74) is 1.98. The maximum Gasteiger partial charge on any atom is 0.217 e. The molecule has 1 saturated heterocycles. The normalized spacial score (nSPS) is 27.3. The second-order valence-corrected chi connectivity index (χ2v) is 6.98. The number of rotatable bonds is 7. The Hall–Kier alpha value is -2.25. The number of carbonyl (C=O) groups excluding carboxylic acids is 1. The van der Waals surface area contributed by atoms with Crippen molar-refractivity contribution in [3.05, 3.63) is 71.8 Å². The van der Waals surface area contributed by atoms with E-state index in [0.717, 1.165) is 11.1 Å². The van der Waals surface area contributed by atoms with Crippen LogP contribution in [0.25, 0.3) is 0 Å². The van der Waals surface area contributed by atoms with Crippen molar-refractivity contribution in [3.8, 4) is 0 Å². The summed E-state index contributed by atoms with van der Waals surface area (Å²) in [5, 5.41) is 13.4. The monoisotopic (exact) mass is 385 g/mol. The van der Waals surface area contributed by atoms with Gasteiger partial charge in [-0.05, 0) is 18.1 Å². The summed E-state index contributed by atoms with van der Waals surface area (Å²) < 4.78 is 17.8. The Labute approximate surface area is 165 Å². The Balaban J connectivity index is 1.76. The third-order valence-electron chi connectivity index (χ3n) is 4.76. The number of aliphatic hydroxyl groups is 1. The van der Waals surface area contributed by atoms with Gasteiger partial charge in [0, 0.05) is 6.92 Å². The first-order chi connectivity index (χ1) is 13.5. The van der Waals surface area contributed by atoms with Crippen molar-refractivity contribution in [2.24, 2.45) is 0 Å². The molecule has 0 radical (unpaired) electrons. The largest absolute Gasteiger partial charge is 0.368 e. The molecule has 1 fully saturated rings. The molecule has 3 rings (SSSR count). The summed E-state index contributed by atoms with van der Waals surface area (Å²) in [4.78, 5) is 11.7. The Morgan fingerprint density at radius 2 is 1.46 bits per heavy atom. The van der Waals surface area contributed by atoms with Crippen LogP contribution in [0.2, 0.25) is 0 Å². The molecule has 1 amide bonds. The third kappa shape index (κ3) is 5.39. The van der Waals surface area contributed by atoms with Crippen LogP contribution in [0.4, 0.5) is 0 Å². The van der Waals surface area contributed by atoms with Gasteiger partial charge in [0.1, 0.15) is 12.2 Å². The van der Waals surface area contributed by atoms with Gasteiger partial charge in [0.25, 0.3) is 0 Å². The molecule has 2 N–H and O–H groups in total. The first-order valence-electron chi connectivity index (χ1n) is 9.46. The first-order valence-corrected chi connectivity index (χ1v) is 9.46. The Morgan fingerprint density at radius 1 is 0.964 bits per heavy atom. The highest BCUT2D eigenvalue weighted by Crippen LogP contribution is 2.26. The topological polar surface area (TPSA) is 77.0 Å². The van der Waals surface area contributed by atoms with Crippen LogP contribution in [0, 0.1) is 0 Å². The van der Waals surface area contributed by atoms with E-state index in [0.29, 0.717) is 13.2 Å². The lowest BCUT2D eigenvalue weighted by atomic mass is 9.96. The van der Waals surface area contributed by atoms with Gasteiger partial charge in [-0.1, -0.05) is 60.7 Å². The fourth-order valence-corrected chi connectivity index (χ4v) is 3.36. The highest BCUT2D eigenvalue weighted by atomic mass is 16.7. The van der Waals surface area contributed by atoms with Crippen molar-refractivity contribution < 1.29 is 24.1 Å². The zero-order valence-electron chi connectivity index (χ0n) is 16.2. The second-order valence-electron chi connectivity index (χ2n) is 6.98. The standard InChI is InChI=1S/C22H27NO5/c1-15-19(23-16(2)24)20(26-13-17-9-5-3-6-10-17)21(22(25)28-15)27-14-18-11-7-4-8-12-18/h3-12,15,19-22,25H,13-14H2,1-2H3,(H,23,24)/t15-,19+,20-,21-,22+/m0/s1. The summed E-state index contributed by atoms with van der Waals surface area (Å²) in [7, 11) is 0. The van der Waals surface area contributed by atoms with Gasteiger partial charge in [0.05, 0.1) is 25.4 Å². The van der Waals surface area contributed by atoms with Gasteiger partial charge < -0.3 is 24.6 Å². The maximum atomic E-state index is 11.7. The predicted octanol–water partition coefficient (Wildman–Crippen LogP) is 2.40. The van der Waals surface area contributed by atoms with Gasteiger partial charge >= 0.3 is 0 Å². The van der Waals surface area contributed by atoms with Crippen molar-refractivity contribution in [2.45, 2.75) is 57.7 Å². The molecule has 2 aromatic carbocycles. The minimum atomic E-state index is -1.15. The SMILES string of the molecule is CC(=O)N[C@H]1[C@H](OCc2ccccc2)[C@H](OCc2ccccc2)[C@H](O)O[C@H]1C. The summed E-state index contributed by atoms with van der Waals surface area (Å²) in [5.74, 6) is -0.188. The van der Waals surface area contributed by atoms with Crippen LogP contribution in [0.5, 0.6) is 0 Å². The van der Waals surface area contributed by atoms with Crippen LogP contribution in [0.1, 0.15) is 25.0 Å². The number of aliphatic hydroxyl groups excluding tert-OH is 1. The summed E-state index contributed by atoms with van der Waals surface area (Å²) in [6, 6.07) is 19.0. The smallest absolute Gasteiger partial charge is 0.217 e. The molecule has 0 saturated carbocycles. The lowest BCUT2D eigenvalue weighted by Crippen LogP contribution is -2.63. The molecule has 0 aromatic heterocycles. The summed E-state index contributed by atoms with van der Waals surface area (Å²) in [6.45, 7) is 3.90. The van der Waals surface area contributed by atoms with E-state index in [-0.39, 0.29) is 5.91 Å². The zero-order valence-corrected chi connectivity index (χ0v) is 16.2. The molecule has 0 bridgehead atoms. The van der Waals surface area contributed by atoms with Crippen LogP contribution in [-0.4, -0.2) is 41.7 Å². The average Bonchev–Trinajstić information content (AvgIpc) is 2.69. The average molecular weight is 385 g/mol. The van der Waals surface area contributed by atoms with E-state index >= 15 is 0 Å². The summed E-state index contributed by atoms with van der Waals surface area (Å²) >= 11 is 0. The molecule has 1 aliphatic heterocycles. The zero-order chi connectivity index (χ0) is 19.9. The number of nitrogens with one attached hydrogen (secondary N) is 1. The molecule has 6 nitrogen and oxygen atoms in total. The van der Waals surface area contributed by atoms with Crippen LogP contribution in [-0.2, 0) is 32.2 Å². The highest BCUT2D eigenvalue weighted by molar-refractivity contribution is 5.73. The number of benzene rings is 2. The van der Waals surface area contributed by atoms with Gasteiger partial charge in [-0.2, -0.15) is 0 Å². The second kappa shape index (κ2) is 9.80. The van der Waals surface area contributed by atoms with Gasteiger partial charge in [-0.25, -0.2) is 0 Å². The van der Waals surface area contributed by atoms with Crippen molar-refractivity contribution in [1.82, 2.24) is 5.32 Å². The molecule has 6 heteroatoms. The van der Waals surface area contributed by atoms with Gasteiger partial charge in [-0.3, -0.25) is 4.79 Å². The van der Waals surface area contributed by atoms with E-state index < -0.39 is 30.6 Å². The molecule has 1 aliphatic rings. The Bertz CT molecular complexity index is 739. The van der Waals surface area contributed by atoms with Crippen molar-refractivity contribution >= 4 is 5.91 Å². The van der Waals surface area contributed by atoms with E-state index in [4.69, 9.17) is 14.2 Å². The lowest BCUT2D eigenvalue weighted by molar-refractivity contribution is -0.277. The van der Waals surface area contributed by atoms with Gasteiger partial charge in [-0.15, -0.1) is 0 Å². The van der Waals surface area contributed by atoms with E-state index in [1.54, 1.807) is 6.92 Å². The molecule has 150 valence electrons. The molecule has 5 atom stereocenters. The van der Waals surface area contributed by atoms with E-state index in [9.17, 15) is 9.90 Å². The molecule has 2 aromatic rings. The number of hydrogen-bond acceptors (Lipinski definition) is 5. The third-order valence-corrected chi connectivity index (χ3v) is 4.76. The molecule has 0 spiro atoms. The van der Waals surface area contributed by atoms with Crippen LogP contribution in [0.3, 0.4) is 0 Å². The molecular weight excluding hydrogens is 358 g/mol. The fourth-order valence-electron chi connectivity index (χ4n) is 3.36. The van der Waals surface area contributed by atoms with E-state index in [1.165, 1.54) is 6.92 Å². The molecule has 1 heterocycles. The van der Waals surface area contributed by atoms with Gasteiger partial charge in [0.15, 0.2) is 6.29 Å². The van der Waals surface area contributed by atoms with Crippen molar-refractivity contribution in [3.63, 3.8) is 0 Å². The maximum absolute atomic E-state index is 11.7. The minimum Gasteiger partial charge on any atom is -0.368 e. The fraction of sp³-hybridized carbons (Fsp3) is 0.409. The molecule has 0 aliphatic carbocycles. The molecule has 28 heavy (non-hydrogen) atoms. The number of hydrogen-bond donors (Lipinski definition) is 2. The molecule has 0 unspecified atom stereocenters. The van der Waals surface area contributed by atoms with Crippen molar-refractivity contribution in [1.29, 1.82) is 0 Å². The van der Waals surface area contributed by atoms with Crippen LogP contribution < -0.4 is 5.32 Å². The van der Waals surface area contributed by atoms with E-state index in [2.05, 4.69) is 5.32 Å². The highest BCUT2D eigenvalue weighted by Gasteiger charge is 2.45. The number of carbonyl (C=O) groups is 1. The van der Waals surface area contributed by atoms with Crippen LogP contribution >= 0.6 is 0 Å². The van der Waals surface area contributed by atoms with Crippen LogP contribution in [0.15, 0.2) is 60.7 Å². The van der Waals surface area contributed by atoms with Gasteiger partial charge in [0.2, 0.25) is 5.91 Å². The van der Waals surface area contributed by atoms with E-state index in [1.807, 2.05) is 60.7 Å². The summed E-state index contributed by atoms with van der Waals surface area (Å²) in [6.07, 6.45) is -2.87. The predicted molar refractivity (Wildman–Crippen MR) is 104 cm³/mol. The number of ether oxygens (including phenoxy) is 3. The van der Waals surface area contributed by atoms with Crippen molar-refractivity contribution in [2.75, 3.05) is 0 Å². The minimum absolute atomic E-state index is 0.188. The molecular formula is C22H27NO5. The Kier molecular flexibility index (Phi) is 7.17. The quantitative estimate of drug-likeness (QED) is 0.765.